The Labute approximate surface area is 339 Å². The normalized spacial score (nSPS) is 23.1. The monoisotopic (exact) mass is 797 g/mol. The van der Waals surface area contributed by atoms with E-state index in [-0.39, 0.29) is 30.0 Å². The van der Waals surface area contributed by atoms with Crippen LogP contribution in [0.3, 0.4) is 0 Å². The maximum atomic E-state index is 13.2. The molecule has 7 heterocycles. The van der Waals surface area contributed by atoms with Crippen LogP contribution in [0, 0.1) is 5.92 Å². The van der Waals surface area contributed by atoms with Crippen molar-refractivity contribution in [3.63, 3.8) is 0 Å². The van der Waals surface area contributed by atoms with Gasteiger partial charge in [0.1, 0.15) is 10.9 Å². The molecule has 1 saturated carbocycles. The minimum absolute atomic E-state index is 0.0210. The van der Waals surface area contributed by atoms with E-state index in [2.05, 4.69) is 74.3 Å². The highest BCUT2D eigenvalue weighted by Crippen LogP contribution is 2.42. The van der Waals surface area contributed by atoms with Gasteiger partial charge in [-0.1, -0.05) is 0 Å². The molecule has 6 aromatic rings. The van der Waals surface area contributed by atoms with Gasteiger partial charge in [-0.25, -0.2) is 9.78 Å². The van der Waals surface area contributed by atoms with E-state index in [1.54, 1.807) is 16.2 Å². The number of benzene rings is 2. The predicted octanol–water partition coefficient (Wildman–Crippen LogP) is 5.78. The lowest BCUT2D eigenvalue weighted by Crippen LogP contribution is -2.48. The second-order valence-electron chi connectivity index (χ2n) is 16.6. The van der Waals surface area contributed by atoms with Crippen molar-refractivity contribution in [2.45, 2.75) is 63.5 Å². The number of nitrogens with zero attached hydrogens (tertiary/aromatic N) is 6. The first-order valence-corrected chi connectivity index (χ1v) is 21.4. The molecule has 1 unspecified atom stereocenters. The summed E-state index contributed by atoms with van der Waals surface area (Å²) in [6.07, 6.45) is 7.22. The summed E-state index contributed by atoms with van der Waals surface area (Å²) in [5, 5.41) is 11.1. The van der Waals surface area contributed by atoms with Gasteiger partial charge in [0.15, 0.2) is 0 Å². The first-order valence-electron chi connectivity index (χ1n) is 20.6. The van der Waals surface area contributed by atoms with Gasteiger partial charge in [0, 0.05) is 103 Å². The zero-order valence-corrected chi connectivity index (χ0v) is 33.6. The molecular formula is C44H47N9O4S. The minimum atomic E-state index is -0.680. The molecule has 2 atom stereocenters. The van der Waals surface area contributed by atoms with Gasteiger partial charge in [0.25, 0.3) is 5.91 Å². The molecule has 13 nitrogen and oxygen atoms in total. The SMILES string of the molecule is C[C@@H]1CNc2c(sc3ccc4nc(-c5ccc(C6CCC(CN7CCN(c8ccc9c(c8)n(C)c(=O)n9C8CCC(=O)NC8=O)CC7)CC6)nc5)ccc4c23)C(=O)N1. The van der Waals surface area contributed by atoms with E-state index in [0.29, 0.717) is 30.3 Å². The molecule has 4 aromatic heterocycles. The van der Waals surface area contributed by atoms with Crippen molar-refractivity contribution in [2.75, 3.05) is 49.5 Å². The van der Waals surface area contributed by atoms with Crippen molar-refractivity contribution >= 4 is 72.5 Å². The first kappa shape index (κ1) is 36.7. The maximum Gasteiger partial charge on any atom is 0.329 e. The van der Waals surface area contributed by atoms with Crippen LogP contribution in [-0.2, 0) is 16.6 Å². The van der Waals surface area contributed by atoms with Gasteiger partial charge in [-0.05, 0) is 99.5 Å². The highest BCUT2D eigenvalue weighted by molar-refractivity contribution is 7.21. The average molecular weight is 798 g/mol. The summed E-state index contributed by atoms with van der Waals surface area (Å²) in [7, 11) is 1.74. The van der Waals surface area contributed by atoms with E-state index in [1.807, 2.05) is 19.2 Å². The van der Waals surface area contributed by atoms with Gasteiger partial charge in [-0.2, -0.15) is 0 Å². The van der Waals surface area contributed by atoms with Crippen molar-refractivity contribution in [3.05, 3.63) is 81.8 Å². The van der Waals surface area contributed by atoms with Crippen LogP contribution in [-0.4, -0.2) is 87.0 Å². The van der Waals surface area contributed by atoms with Gasteiger partial charge >= 0.3 is 5.69 Å². The number of aromatic nitrogens is 4. The number of thiophene rings is 1. The Morgan fingerprint density at radius 1 is 0.879 bits per heavy atom. The zero-order chi connectivity index (χ0) is 39.7. The number of pyridine rings is 2. The summed E-state index contributed by atoms with van der Waals surface area (Å²) in [6, 6.07) is 18.1. The summed E-state index contributed by atoms with van der Waals surface area (Å²) in [6.45, 7) is 7.63. The van der Waals surface area contributed by atoms with Crippen molar-refractivity contribution < 1.29 is 14.4 Å². The van der Waals surface area contributed by atoms with Crippen molar-refractivity contribution in [2.24, 2.45) is 13.0 Å². The topological polar surface area (TPSA) is 146 Å². The molecule has 0 bridgehead atoms. The average Bonchev–Trinajstić information content (AvgIpc) is 3.69. The zero-order valence-electron chi connectivity index (χ0n) is 32.8. The van der Waals surface area contributed by atoms with E-state index in [0.717, 1.165) is 99.6 Å². The molecule has 3 amide bonds. The number of nitrogens with one attached hydrogen (secondary N) is 3. The fourth-order valence-corrected chi connectivity index (χ4v) is 10.8. The van der Waals surface area contributed by atoms with E-state index < -0.39 is 11.9 Å². The lowest BCUT2D eigenvalue weighted by Gasteiger charge is -2.39. The molecule has 298 valence electrons. The van der Waals surface area contributed by atoms with Crippen molar-refractivity contribution in [1.82, 2.24) is 34.6 Å². The number of amides is 3. The minimum Gasteiger partial charge on any atom is -0.381 e. The number of hydrogen-bond acceptors (Lipinski definition) is 10. The van der Waals surface area contributed by atoms with Crippen LogP contribution in [0.25, 0.3) is 43.3 Å². The van der Waals surface area contributed by atoms with Gasteiger partial charge in [-0.3, -0.25) is 38.7 Å². The van der Waals surface area contributed by atoms with Crippen molar-refractivity contribution in [1.29, 1.82) is 0 Å². The molecule has 2 aromatic carbocycles. The summed E-state index contributed by atoms with van der Waals surface area (Å²) in [5.74, 6) is 0.424. The Hall–Kier alpha value is -5.60. The molecule has 1 aliphatic carbocycles. The Morgan fingerprint density at radius 3 is 2.48 bits per heavy atom. The third-order valence-corrected chi connectivity index (χ3v) is 14.0. The maximum absolute atomic E-state index is 13.2. The Kier molecular flexibility index (Phi) is 9.28. The lowest BCUT2D eigenvalue weighted by molar-refractivity contribution is -0.135. The summed E-state index contributed by atoms with van der Waals surface area (Å²) < 4.78 is 4.23. The Morgan fingerprint density at radius 2 is 1.71 bits per heavy atom. The molecule has 14 heteroatoms. The quantitative estimate of drug-likeness (QED) is 0.179. The van der Waals surface area contributed by atoms with Crippen LogP contribution in [0.4, 0.5) is 11.4 Å². The summed E-state index contributed by atoms with van der Waals surface area (Å²) in [5.41, 5.74) is 7.22. The predicted molar refractivity (Wildman–Crippen MR) is 228 cm³/mol. The number of aryl methyl sites for hydroxylation is 1. The van der Waals surface area contributed by atoms with Gasteiger partial charge in [0.2, 0.25) is 11.8 Å². The third kappa shape index (κ3) is 6.51. The molecule has 58 heavy (non-hydrogen) atoms. The van der Waals surface area contributed by atoms with Crippen LogP contribution in [0.2, 0.25) is 0 Å². The van der Waals surface area contributed by atoms with Crippen molar-refractivity contribution in [3.8, 4) is 11.3 Å². The standard InChI is InChI=1S/C44H47N9O4S/c1-25-22-46-40-39-30-9-11-32(48-33(30)12-15-37(39)58-41(40)43(56)47-25)28-7-10-31(45-23-28)27-5-3-26(4-6-27)24-51-17-19-52(20-18-51)29-8-13-34-36(21-29)50(2)44(57)53(34)35-14-16-38(54)49-42(35)55/h7-13,15,21,23,25-27,35,46H,3-6,14,16-20,22,24H2,1-2H3,(H,47,56)(H,49,54,55)/t25-,26?,27?,35?/m1/s1. The second kappa shape index (κ2) is 14.7. The lowest BCUT2D eigenvalue weighted by atomic mass is 9.80. The number of piperidine rings is 1. The van der Waals surface area contributed by atoms with Gasteiger partial charge in [-0.15, -0.1) is 11.3 Å². The number of hydrogen-bond donors (Lipinski definition) is 3. The highest BCUT2D eigenvalue weighted by Gasteiger charge is 2.32. The van der Waals surface area contributed by atoms with Crippen LogP contribution >= 0.6 is 11.3 Å². The number of piperazine rings is 1. The van der Waals surface area contributed by atoms with E-state index in [9.17, 15) is 19.2 Å². The molecule has 3 aliphatic heterocycles. The number of anilines is 2. The van der Waals surface area contributed by atoms with Gasteiger partial charge in [0.05, 0.1) is 27.9 Å². The van der Waals surface area contributed by atoms with Gasteiger partial charge < -0.3 is 15.5 Å². The van der Waals surface area contributed by atoms with Crippen LogP contribution in [0.5, 0.6) is 0 Å². The molecule has 3 N–H and O–H groups in total. The second-order valence-corrected chi connectivity index (χ2v) is 17.6. The summed E-state index contributed by atoms with van der Waals surface area (Å²) >= 11 is 1.53. The molecule has 4 aliphatic rings. The fourth-order valence-electron chi connectivity index (χ4n) is 9.66. The Bertz CT molecular complexity index is 2670. The molecular weight excluding hydrogens is 751 g/mol. The highest BCUT2D eigenvalue weighted by atomic mass is 32.1. The largest absolute Gasteiger partial charge is 0.381 e. The number of carbonyl (C=O) groups excluding carboxylic acids is 3. The van der Waals surface area contributed by atoms with E-state index in [4.69, 9.17) is 9.97 Å². The van der Waals surface area contributed by atoms with Crippen LogP contribution < -0.4 is 26.5 Å². The Balaban J connectivity index is 0.743. The van der Waals surface area contributed by atoms with E-state index in [1.165, 1.54) is 29.9 Å². The summed E-state index contributed by atoms with van der Waals surface area (Å²) in [4.78, 5) is 66.1. The third-order valence-electron chi connectivity index (χ3n) is 12.9. The number of rotatable bonds is 6. The first-order chi connectivity index (χ1) is 28.2. The fraction of sp³-hybridized carbons (Fsp3) is 0.409. The smallest absolute Gasteiger partial charge is 0.329 e. The van der Waals surface area contributed by atoms with Crippen LogP contribution in [0.15, 0.2) is 65.6 Å². The molecule has 0 radical (unpaired) electrons. The number of fused-ring (bicyclic) bond motifs is 6. The molecule has 0 spiro atoms. The molecule has 3 fully saturated rings. The number of carbonyl (C=O) groups is 3. The number of imidazole rings is 1. The van der Waals surface area contributed by atoms with Crippen LogP contribution in [0.1, 0.15) is 72.8 Å². The van der Waals surface area contributed by atoms with E-state index >= 15 is 0 Å². The number of imide groups is 1. The molecule has 10 rings (SSSR count). The molecule has 2 saturated heterocycles.